The van der Waals surface area contributed by atoms with E-state index in [4.69, 9.17) is 23.2 Å². The number of nitrogens with one attached hydrogen (secondary N) is 1. The molecule has 0 fully saturated rings. The van der Waals surface area contributed by atoms with Crippen LogP contribution in [0.5, 0.6) is 0 Å². The molecule has 1 aromatic heterocycles. The lowest BCUT2D eigenvalue weighted by Gasteiger charge is -2.10. The van der Waals surface area contributed by atoms with Crippen LogP contribution < -0.4 is 5.32 Å². The molecule has 2 aromatic carbocycles. The fourth-order valence-corrected chi connectivity index (χ4v) is 3.09. The molecule has 0 saturated carbocycles. The van der Waals surface area contributed by atoms with Gasteiger partial charge < -0.3 is 5.32 Å². The molecule has 5 heteroatoms. The highest BCUT2D eigenvalue weighted by atomic mass is 35.5. The third-order valence-electron chi connectivity index (χ3n) is 4.06. The third-order valence-corrected chi connectivity index (χ3v) is 4.76. The monoisotopic (exact) mass is 384 g/mol. The number of rotatable bonds is 5. The summed E-state index contributed by atoms with van der Waals surface area (Å²) in [5.74, 6) is -0.212. The zero-order valence-corrected chi connectivity index (χ0v) is 15.8. The highest BCUT2D eigenvalue weighted by Crippen LogP contribution is 2.24. The Hall–Kier alpha value is -2.36. The van der Waals surface area contributed by atoms with E-state index in [1.54, 1.807) is 18.3 Å². The Balaban J connectivity index is 1.73. The zero-order chi connectivity index (χ0) is 18.5. The van der Waals surface area contributed by atoms with Crippen molar-refractivity contribution in [3.63, 3.8) is 0 Å². The second-order valence-corrected chi connectivity index (χ2v) is 6.82. The molecule has 1 amide bonds. The summed E-state index contributed by atoms with van der Waals surface area (Å²) in [6.07, 6.45) is 2.41. The molecule has 26 heavy (non-hydrogen) atoms. The minimum absolute atomic E-state index is 0.212. The second-order valence-electron chi connectivity index (χ2n) is 6.01. The molecule has 1 heterocycles. The van der Waals surface area contributed by atoms with Crippen molar-refractivity contribution in [1.82, 2.24) is 10.3 Å². The largest absolute Gasteiger partial charge is 0.352 e. The van der Waals surface area contributed by atoms with Gasteiger partial charge in [0.25, 0.3) is 5.91 Å². The molecular weight excluding hydrogens is 367 g/mol. The van der Waals surface area contributed by atoms with Crippen LogP contribution in [0, 0.1) is 6.92 Å². The van der Waals surface area contributed by atoms with Crippen LogP contribution in [0.2, 0.25) is 10.0 Å². The molecule has 0 radical (unpaired) electrons. The van der Waals surface area contributed by atoms with Crippen molar-refractivity contribution in [1.29, 1.82) is 0 Å². The number of aryl methyl sites for hydroxylation is 1. The summed E-state index contributed by atoms with van der Waals surface area (Å²) >= 11 is 12.4. The minimum atomic E-state index is -0.212. The van der Waals surface area contributed by atoms with Crippen LogP contribution in [0.15, 0.2) is 60.8 Å². The zero-order valence-electron chi connectivity index (χ0n) is 14.3. The normalized spacial score (nSPS) is 10.6. The lowest BCUT2D eigenvalue weighted by Crippen LogP contribution is -2.26. The number of carbonyl (C=O) groups excluding carboxylic acids is 1. The maximum absolute atomic E-state index is 12.5. The molecule has 3 nitrogen and oxygen atoms in total. The van der Waals surface area contributed by atoms with Crippen LogP contribution in [0.1, 0.15) is 21.5 Å². The number of aromatic nitrogens is 1. The molecule has 0 saturated heterocycles. The molecule has 0 atom stereocenters. The Morgan fingerprint density at radius 3 is 2.62 bits per heavy atom. The highest BCUT2D eigenvalue weighted by molar-refractivity contribution is 6.34. The molecular formula is C21H18Cl2N2O. The average molecular weight is 385 g/mol. The van der Waals surface area contributed by atoms with Crippen molar-refractivity contribution in [3.05, 3.63) is 87.5 Å². The van der Waals surface area contributed by atoms with Gasteiger partial charge in [-0.3, -0.25) is 9.78 Å². The van der Waals surface area contributed by atoms with Gasteiger partial charge in [0.2, 0.25) is 0 Å². The molecule has 0 unspecified atom stereocenters. The summed E-state index contributed by atoms with van der Waals surface area (Å²) in [7, 11) is 0. The number of amides is 1. The van der Waals surface area contributed by atoms with Gasteiger partial charge in [0.1, 0.15) is 0 Å². The fourth-order valence-electron chi connectivity index (χ4n) is 2.66. The lowest BCUT2D eigenvalue weighted by molar-refractivity contribution is 0.0954. The smallest absolute Gasteiger partial charge is 0.252 e. The van der Waals surface area contributed by atoms with Gasteiger partial charge in [-0.15, -0.1) is 0 Å². The molecule has 0 bridgehead atoms. The fraction of sp³-hybridized carbons (Fsp3) is 0.143. The maximum atomic E-state index is 12.5. The van der Waals surface area contributed by atoms with Gasteiger partial charge in [-0.2, -0.15) is 0 Å². The average Bonchev–Trinajstić information content (AvgIpc) is 2.63. The van der Waals surface area contributed by atoms with Crippen molar-refractivity contribution >= 4 is 29.1 Å². The predicted octanol–water partition coefficient (Wildman–Crippen LogP) is 5.34. The van der Waals surface area contributed by atoms with E-state index in [1.807, 2.05) is 49.4 Å². The summed E-state index contributed by atoms with van der Waals surface area (Å²) in [6, 6.07) is 16.9. The van der Waals surface area contributed by atoms with Crippen molar-refractivity contribution in [2.75, 3.05) is 6.54 Å². The van der Waals surface area contributed by atoms with Crippen LogP contribution >= 0.6 is 23.2 Å². The van der Waals surface area contributed by atoms with Gasteiger partial charge in [-0.1, -0.05) is 47.5 Å². The first-order valence-corrected chi connectivity index (χ1v) is 9.04. The van der Waals surface area contributed by atoms with Gasteiger partial charge in [0, 0.05) is 23.3 Å². The Bertz CT molecular complexity index is 941. The molecule has 0 aliphatic heterocycles. The van der Waals surface area contributed by atoms with E-state index < -0.39 is 0 Å². The number of benzene rings is 2. The number of carbonyl (C=O) groups is 1. The Labute approximate surface area is 163 Å². The molecule has 0 aliphatic rings. The van der Waals surface area contributed by atoms with E-state index in [1.165, 1.54) is 0 Å². The van der Waals surface area contributed by atoms with Crippen LogP contribution in [0.25, 0.3) is 11.3 Å². The van der Waals surface area contributed by atoms with Gasteiger partial charge in [0.15, 0.2) is 0 Å². The molecule has 3 aromatic rings. The SMILES string of the molecule is Cc1ccnc(-c2ccc(Cl)c(C(=O)NCCc3ccccc3Cl)c2)c1. The van der Waals surface area contributed by atoms with E-state index in [-0.39, 0.29) is 5.91 Å². The standard InChI is InChI=1S/C21H18Cl2N2O/c1-14-8-10-24-20(12-14)16-6-7-19(23)17(13-16)21(26)25-11-9-15-4-2-3-5-18(15)22/h2-8,10,12-13H,9,11H2,1H3,(H,25,26). The van der Waals surface area contributed by atoms with Crippen LogP contribution in [0.4, 0.5) is 0 Å². The predicted molar refractivity (Wildman–Crippen MR) is 107 cm³/mol. The van der Waals surface area contributed by atoms with Gasteiger partial charge in [-0.05, 0) is 54.8 Å². The number of hydrogen-bond donors (Lipinski definition) is 1. The molecule has 3 rings (SSSR count). The third kappa shape index (κ3) is 4.43. The van der Waals surface area contributed by atoms with E-state index in [0.717, 1.165) is 22.4 Å². The maximum Gasteiger partial charge on any atom is 0.252 e. The minimum Gasteiger partial charge on any atom is -0.352 e. The second kappa shape index (κ2) is 8.35. The summed E-state index contributed by atoms with van der Waals surface area (Å²) in [4.78, 5) is 16.9. The highest BCUT2D eigenvalue weighted by Gasteiger charge is 2.12. The topological polar surface area (TPSA) is 42.0 Å². The molecule has 132 valence electrons. The van der Waals surface area contributed by atoms with Crippen molar-refractivity contribution < 1.29 is 4.79 Å². The lowest BCUT2D eigenvalue weighted by atomic mass is 10.1. The van der Waals surface area contributed by atoms with E-state index >= 15 is 0 Å². The van der Waals surface area contributed by atoms with Gasteiger partial charge in [-0.25, -0.2) is 0 Å². The quantitative estimate of drug-likeness (QED) is 0.645. The summed E-state index contributed by atoms with van der Waals surface area (Å²) in [5.41, 5.74) is 4.21. The van der Waals surface area contributed by atoms with Gasteiger partial charge in [0.05, 0.1) is 16.3 Å². The Kier molecular flexibility index (Phi) is 5.92. The number of nitrogens with zero attached hydrogens (tertiary/aromatic N) is 1. The molecule has 1 N–H and O–H groups in total. The first-order valence-electron chi connectivity index (χ1n) is 8.29. The van der Waals surface area contributed by atoms with E-state index in [2.05, 4.69) is 10.3 Å². The van der Waals surface area contributed by atoms with Crippen LogP contribution in [-0.4, -0.2) is 17.4 Å². The first-order chi connectivity index (χ1) is 12.5. The van der Waals surface area contributed by atoms with Crippen molar-refractivity contribution in [3.8, 4) is 11.3 Å². The number of pyridine rings is 1. The van der Waals surface area contributed by atoms with Crippen LogP contribution in [-0.2, 0) is 6.42 Å². The van der Waals surface area contributed by atoms with Gasteiger partial charge >= 0.3 is 0 Å². The Morgan fingerprint density at radius 1 is 1.04 bits per heavy atom. The van der Waals surface area contributed by atoms with E-state index in [9.17, 15) is 4.79 Å². The number of hydrogen-bond acceptors (Lipinski definition) is 2. The molecule has 0 spiro atoms. The Morgan fingerprint density at radius 2 is 1.85 bits per heavy atom. The first kappa shape index (κ1) is 18.4. The number of halogens is 2. The van der Waals surface area contributed by atoms with E-state index in [0.29, 0.717) is 28.6 Å². The van der Waals surface area contributed by atoms with Crippen LogP contribution in [0.3, 0.4) is 0 Å². The summed E-state index contributed by atoms with van der Waals surface area (Å²) in [6.45, 7) is 2.48. The summed E-state index contributed by atoms with van der Waals surface area (Å²) < 4.78 is 0. The summed E-state index contributed by atoms with van der Waals surface area (Å²) in [5, 5.41) is 4.02. The van der Waals surface area contributed by atoms with Crippen molar-refractivity contribution in [2.24, 2.45) is 0 Å². The van der Waals surface area contributed by atoms with Crippen molar-refractivity contribution in [2.45, 2.75) is 13.3 Å². The molecule has 0 aliphatic carbocycles.